The smallest absolute Gasteiger partial charge is 0.306 e. The van der Waals surface area contributed by atoms with E-state index in [0.717, 1.165) is 135 Å². The normalized spacial score (nSPS) is 18.6. The molecular weight excluding hydrogens is 1150 g/mol. The molecule has 1 aliphatic rings. The molecule has 1 amide bonds. The van der Waals surface area contributed by atoms with Crippen LogP contribution < -0.4 is 5.32 Å². The molecule has 11 heteroatoms. The molecule has 0 aromatic heterocycles. The summed E-state index contributed by atoms with van der Waals surface area (Å²) < 4.78 is 17.7. The minimum Gasteiger partial charge on any atom is -0.454 e. The van der Waals surface area contributed by atoms with Crippen molar-refractivity contribution in [3.05, 3.63) is 122 Å². The maximum Gasteiger partial charge on any atom is 0.306 e. The van der Waals surface area contributed by atoms with Gasteiger partial charge in [-0.25, -0.2) is 0 Å². The first-order valence-corrected chi connectivity index (χ1v) is 37.8. The Balaban J connectivity index is 2.55. The number of unbranched alkanes of at least 4 members (excludes halogenated alkanes) is 32. The van der Waals surface area contributed by atoms with E-state index in [4.69, 9.17) is 14.2 Å². The van der Waals surface area contributed by atoms with E-state index in [1.165, 1.54) is 135 Å². The summed E-state index contributed by atoms with van der Waals surface area (Å²) >= 11 is 0. The van der Waals surface area contributed by atoms with Crippen molar-refractivity contribution in [1.29, 1.82) is 0 Å². The molecule has 1 saturated heterocycles. The fraction of sp³-hybridized carbons (Fsp3) is 0.728. The molecule has 528 valence electrons. The Morgan fingerprint density at radius 2 is 0.783 bits per heavy atom. The molecule has 0 spiro atoms. The van der Waals surface area contributed by atoms with Crippen LogP contribution in [0.5, 0.6) is 0 Å². The van der Waals surface area contributed by atoms with Crippen LogP contribution in [0.1, 0.15) is 316 Å². The van der Waals surface area contributed by atoms with Crippen molar-refractivity contribution in [2.24, 2.45) is 0 Å². The minimum atomic E-state index is -1.62. The second kappa shape index (κ2) is 67.1. The number of esters is 1. The van der Waals surface area contributed by atoms with Crippen LogP contribution in [0.2, 0.25) is 0 Å². The molecule has 1 aliphatic heterocycles. The van der Waals surface area contributed by atoms with E-state index < -0.39 is 67.4 Å². The molecular formula is C81H139NO10. The third-order valence-electron chi connectivity index (χ3n) is 17.1. The number of aliphatic hydroxyl groups excluding tert-OH is 5. The van der Waals surface area contributed by atoms with Crippen molar-refractivity contribution in [3.63, 3.8) is 0 Å². The number of allylic oxidation sites excluding steroid dienone is 19. The Hall–Kier alpha value is -3.94. The average molecular weight is 1290 g/mol. The number of aliphatic hydroxyl groups is 5. The highest BCUT2D eigenvalue weighted by Gasteiger charge is 2.47. The number of rotatable bonds is 64. The van der Waals surface area contributed by atoms with Gasteiger partial charge in [0.05, 0.1) is 25.4 Å². The molecule has 0 radical (unpaired) electrons. The van der Waals surface area contributed by atoms with Gasteiger partial charge in [-0.05, 0) is 116 Å². The topological polar surface area (TPSA) is 175 Å². The number of nitrogens with one attached hydrogen (secondary N) is 1. The molecule has 1 fully saturated rings. The van der Waals surface area contributed by atoms with E-state index in [0.29, 0.717) is 12.8 Å². The first-order valence-electron chi connectivity index (χ1n) is 37.8. The predicted molar refractivity (Wildman–Crippen MR) is 388 cm³/mol. The van der Waals surface area contributed by atoms with Crippen molar-refractivity contribution in [1.82, 2.24) is 5.32 Å². The lowest BCUT2D eigenvalue weighted by atomic mass is 9.99. The van der Waals surface area contributed by atoms with E-state index in [2.05, 4.69) is 135 Å². The number of hydrogen-bond acceptors (Lipinski definition) is 10. The molecule has 1 heterocycles. The largest absolute Gasteiger partial charge is 0.454 e. The molecule has 0 bridgehead atoms. The summed E-state index contributed by atoms with van der Waals surface area (Å²) in [5.41, 5.74) is 0. The van der Waals surface area contributed by atoms with Crippen LogP contribution in [-0.2, 0) is 23.8 Å². The molecule has 1 rings (SSSR count). The van der Waals surface area contributed by atoms with Crippen molar-refractivity contribution in [2.75, 3.05) is 13.2 Å². The Morgan fingerprint density at radius 3 is 1.20 bits per heavy atom. The quantitative estimate of drug-likeness (QED) is 0.0195. The number of ether oxygens (including phenoxy) is 3. The van der Waals surface area contributed by atoms with Crippen LogP contribution in [0.15, 0.2) is 122 Å². The van der Waals surface area contributed by atoms with Crippen LogP contribution in [0.3, 0.4) is 0 Å². The third-order valence-corrected chi connectivity index (χ3v) is 17.1. The number of hydrogen-bond donors (Lipinski definition) is 6. The van der Waals surface area contributed by atoms with E-state index in [9.17, 15) is 35.1 Å². The number of carbonyl (C=O) groups excluding carboxylic acids is 2. The molecule has 8 unspecified atom stereocenters. The van der Waals surface area contributed by atoms with Gasteiger partial charge in [0.25, 0.3) is 0 Å². The molecule has 11 nitrogen and oxygen atoms in total. The third kappa shape index (κ3) is 53.3. The Kier molecular flexibility index (Phi) is 62.7. The van der Waals surface area contributed by atoms with Gasteiger partial charge in [-0.1, -0.05) is 316 Å². The van der Waals surface area contributed by atoms with Crippen LogP contribution in [0.4, 0.5) is 0 Å². The molecule has 0 saturated carbocycles. The highest BCUT2D eigenvalue weighted by Crippen LogP contribution is 2.26. The van der Waals surface area contributed by atoms with E-state index in [1.807, 2.05) is 6.08 Å². The van der Waals surface area contributed by atoms with Crippen LogP contribution in [-0.4, -0.2) is 99.6 Å². The predicted octanol–water partition coefficient (Wildman–Crippen LogP) is 20.1. The average Bonchev–Trinajstić information content (AvgIpc) is 0.881. The molecule has 6 N–H and O–H groups in total. The lowest BCUT2D eigenvalue weighted by Crippen LogP contribution is -2.61. The van der Waals surface area contributed by atoms with Gasteiger partial charge in [-0.2, -0.15) is 0 Å². The highest BCUT2D eigenvalue weighted by atomic mass is 16.7. The van der Waals surface area contributed by atoms with E-state index in [-0.39, 0.29) is 19.4 Å². The summed E-state index contributed by atoms with van der Waals surface area (Å²) in [5, 5.41) is 57.4. The SMILES string of the molecule is CC/C=C\C/C=C\C/C=C\C/C=C\C/C=C\C/C=C\CCCCCCCCCC(O)C(=O)NC(COC1OC(CO)C(O)C(O)C1OC(=O)CCCCCCCCCCCCCC/C=C\C/C=C\C/C=C\CCCCC)C(O)/C=C/CCCCCCCCCCCC. The lowest BCUT2D eigenvalue weighted by Gasteiger charge is -2.41. The van der Waals surface area contributed by atoms with Gasteiger partial charge < -0.3 is 45.1 Å². The molecule has 0 aromatic rings. The summed E-state index contributed by atoms with van der Waals surface area (Å²) in [6.07, 6.45) is 83.7. The maximum atomic E-state index is 13.5. The molecule has 0 aliphatic carbocycles. The minimum absolute atomic E-state index is 0.115. The number of carbonyl (C=O) groups is 2. The first-order chi connectivity index (χ1) is 45.2. The van der Waals surface area contributed by atoms with Gasteiger partial charge in [0.15, 0.2) is 12.4 Å². The zero-order valence-electron chi connectivity index (χ0n) is 58.9. The van der Waals surface area contributed by atoms with Crippen molar-refractivity contribution in [2.45, 2.75) is 365 Å². The fourth-order valence-corrected chi connectivity index (χ4v) is 11.2. The van der Waals surface area contributed by atoms with Crippen LogP contribution in [0.25, 0.3) is 0 Å². The van der Waals surface area contributed by atoms with Gasteiger partial charge in [0, 0.05) is 6.42 Å². The molecule has 92 heavy (non-hydrogen) atoms. The summed E-state index contributed by atoms with van der Waals surface area (Å²) in [6, 6.07) is -1.04. The number of amides is 1. The van der Waals surface area contributed by atoms with Gasteiger partial charge >= 0.3 is 5.97 Å². The summed E-state index contributed by atoms with van der Waals surface area (Å²) in [6.45, 7) is 5.67. The lowest BCUT2D eigenvalue weighted by molar-refractivity contribution is -0.305. The van der Waals surface area contributed by atoms with Crippen LogP contribution in [0, 0.1) is 0 Å². The standard InChI is InChI=1S/C81H139NO10/c1-4-7-10-13-16-19-22-25-27-29-31-33-35-37-39-40-42-44-46-48-50-53-56-59-62-65-68-74(85)80(89)82-72(73(84)67-64-61-58-55-52-24-21-18-15-12-9-6-3)71-90-81-79(78(88)77(87)75(70-83)91-81)92-76(86)69-66-63-60-57-54-51-49-47-45-43-41-38-36-34-32-30-28-26-23-20-17-14-11-8-5-2/h7,10,16-17,19-20,25-28,31-34,37,39,42,44,64,67,72-75,77-79,81,83-85,87-88H,4-6,8-9,11-15,18,21-24,29-30,35-36,38,40-41,43,45-63,65-66,68-71H2,1-3H3,(H,82,89)/b10-7-,19-16-,20-17-,27-25-,28-26-,33-31-,34-32-,39-37-,44-42-,67-64+. The second-order valence-corrected chi connectivity index (χ2v) is 25.6. The first kappa shape index (κ1) is 86.1. The zero-order chi connectivity index (χ0) is 66.7. The summed E-state index contributed by atoms with van der Waals surface area (Å²) in [5.74, 6) is -1.21. The maximum absolute atomic E-state index is 13.5. The highest BCUT2D eigenvalue weighted by molar-refractivity contribution is 5.80. The van der Waals surface area contributed by atoms with E-state index in [1.54, 1.807) is 6.08 Å². The van der Waals surface area contributed by atoms with Gasteiger partial charge in [0.2, 0.25) is 5.91 Å². The fourth-order valence-electron chi connectivity index (χ4n) is 11.2. The van der Waals surface area contributed by atoms with Crippen molar-refractivity contribution >= 4 is 11.9 Å². The molecule has 8 atom stereocenters. The van der Waals surface area contributed by atoms with Gasteiger partial charge in [-0.3, -0.25) is 9.59 Å². The summed E-state index contributed by atoms with van der Waals surface area (Å²) in [4.78, 5) is 26.7. The second-order valence-electron chi connectivity index (χ2n) is 25.6. The monoisotopic (exact) mass is 1290 g/mol. The summed E-state index contributed by atoms with van der Waals surface area (Å²) in [7, 11) is 0. The zero-order valence-corrected chi connectivity index (χ0v) is 58.9. The van der Waals surface area contributed by atoms with E-state index >= 15 is 0 Å². The Labute approximate surface area is 563 Å². The molecule has 0 aromatic carbocycles. The Morgan fingerprint density at radius 1 is 0.435 bits per heavy atom. The van der Waals surface area contributed by atoms with Gasteiger partial charge in [0.1, 0.15) is 24.4 Å². The Bertz CT molecular complexity index is 1970. The van der Waals surface area contributed by atoms with Gasteiger partial charge in [-0.15, -0.1) is 0 Å². The van der Waals surface area contributed by atoms with Crippen LogP contribution >= 0.6 is 0 Å². The van der Waals surface area contributed by atoms with Crippen molar-refractivity contribution in [3.8, 4) is 0 Å². The van der Waals surface area contributed by atoms with Crippen molar-refractivity contribution < 1.29 is 49.3 Å².